The van der Waals surface area contributed by atoms with Crippen LogP contribution in [0.3, 0.4) is 0 Å². The van der Waals surface area contributed by atoms with Crippen LogP contribution in [0.2, 0.25) is 0 Å². The van der Waals surface area contributed by atoms with E-state index in [1.54, 1.807) is 22.0 Å². The molecule has 1 fully saturated rings. The molecule has 0 radical (unpaired) electrons. The number of hydrogen-bond donors (Lipinski definition) is 0. The van der Waals surface area contributed by atoms with Crippen LogP contribution in [0.4, 0.5) is 5.69 Å². The van der Waals surface area contributed by atoms with Gasteiger partial charge < -0.3 is 9.47 Å². The molecule has 7 heteroatoms. The average Bonchev–Trinajstić information content (AvgIpc) is 3.00. The number of hydrogen-bond acceptors (Lipinski definition) is 4. The Morgan fingerprint density at radius 3 is 2.75 bits per heavy atom. The second kappa shape index (κ2) is 5.09. The minimum Gasteiger partial charge on any atom is -0.337 e. The summed E-state index contributed by atoms with van der Waals surface area (Å²) in [6.45, 7) is 2.65. The number of aryl methyl sites for hydroxylation is 2. The van der Waals surface area contributed by atoms with Crippen molar-refractivity contribution in [2.75, 3.05) is 24.5 Å². The fourth-order valence-corrected chi connectivity index (χ4v) is 2.43. The van der Waals surface area contributed by atoms with Crippen LogP contribution in [0, 0.1) is 0 Å². The van der Waals surface area contributed by atoms with Crippen LogP contribution >= 0.6 is 0 Å². The fourth-order valence-electron chi connectivity index (χ4n) is 2.43. The molecule has 0 atom stereocenters. The summed E-state index contributed by atoms with van der Waals surface area (Å²) in [6, 6.07) is 0. The summed E-state index contributed by atoms with van der Waals surface area (Å²) in [5.74, 6) is 1.09. The molecule has 2 aromatic heterocycles. The van der Waals surface area contributed by atoms with E-state index >= 15 is 0 Å². The number of nitrogens with zero attached hydrogens (tertiary/aromatic N) is 6. The van der Waals surface area contributed by atoms with Crippen molar-refractivity contribution in [2.24, 2.45) is 14.1 Å². The van der Waals surface area contributed by atoms with Crippen molar-refractivity contribution >= 4 is 11.6 Å². The molecule has 1 aliphatic heterocycles. The van der Waals surface area contributed by atoms with Crippen molar-refractivity contribution in [3.05, 3.63) is 30.6 Å². The number of piperazine rings is 1. The second-order valence-electron chi connectivity index (χ2n) is 5.08. The van der Waals surface area contributed by atoms with Crippen molar-refractivity contribution in [2.45, 2.75) is 6.54 Å². The van der Waals surface area contributed by atoms with Gasteiger partial charge in [-0.1, -0.05) is 0 Å². The van der Waals surface area contributed by atoms with Crippen LogP contribution < -0.4 is 4.90 Å². The van der Waals surface area contributed by atoms with Gasteiger partial charge in [-0.25, -0.2) is 4.98 Å². The quantitative estimate of drug-likeness (QED) is 0.790. The first-order chi connectivity index (χ1) is 9.63. The topological polar surface area (TPSA) is 59.2 Å². The van der Waals surface area contributed by atoms with Crippen molar-refractivity contribution in [3.8, 4) is 0 Å². The van der Waals surface area contributed by atoms with Crippen molar-refractivity contribution in [3.63, 3.8) is 0 Å². The first-order valence-electron chi connectivity index (χ1n) is 6.61. The lowest BCUT2D eigenvalue weighted by atomic mass is 10.3. The van der Waals surface area contributed by atoms with E-state index in [1.165, 1.54) is 0 Å². The smallest absolute Gasteiger partial charge is 0.241 e. The van der Waals surface area contributed by atoms with Gasteiger partial charge in [-0.05, 0) is 0 Å². The normalized spacial score (nSPS) is 16.9. The van der Waals surface area contributed by atoms with E-state index in [-0.39, 0.29) is 5.91 Å². The molecular weight excluding hydrogens is 256 g/mol. The first-order valence-corrected chi connectivity index (χ1v) is 6.61. The summed E-state index contributed by atoms with van der Waals surface area (Å²) in [6.07, 6.45) is 7.30. The fraction of sp³-hybridized carbons (Fsp3) is 0.462. The van der Waals surface area contributed by atoms with Crippen LogP contribution in [-0.2, 0) is 25.4 Å². The summed E-state index contributed by atoms with van der Waals surface area (Å²) in [4.78, 5) is 20.5. The van der Waals surface area contributed by atoms with Crippen LogP contribution in [0.25, 0.3) is 0 Å². The van der Waals surface area contributed by atoms with Crippen LogP contribution in [0.1, 0.15) is 5.82 Å². The average molecular weight is 274 g/mol. The van der Waals surface area contributed by atoms with Crippen molar-refractivity contribution < 1.29 is 4.79 Å². The van der Waals surface area contributed by atoms with E-state index in [0.29, 0.717) is 19.6 Å². The number of rotatable bonds is 3. The van der Waals surface area contributed by atoms with Gasteiger partial charge in [0, 0.05) is 45.8 Å². The number of imidazole rings is 1. The maximum atomic E-state index is 12.2. The summed E-state index contributed by atoms with van der Waals surface area (Å²) < 4.78 is 3.70. The number of amides is 1. The van der Waals surface area contributed by atoms with Gasteiger partial charge in [0.25, 0.3) is 0 Å². The highest BCUT2D eigenvalue weighted by molar-refractivity contribution is 5.95. The predicted octanol–water partition coefficient (Wildman–Crippen LogP) is 0.00240. The number of carbonyl (C=O) groups excluding carboxylic acids is 1. The molecule has 1 saturated heterocycles. The zero-order valence-corrected chi connectivity index (χ0v) is 11.7. The molecule has 0 aliphatic carbocycles. The Bertz CT molecular complexity index is 616. The zero-order chi connectivity index (χ0) is 14.1. The molecule has 1 aliphatic rings. The molecule has 3 heterocycles. The molecule has 0 N–H and O–H groups in total. The first kappa shape index (κ1) is 12.9. The Morgan fingerprint density at radius 2 is 2.15 bits per heavy atom. The monoisotopic (exact) mass is 274 g/mol. The number of carbonyl (C=O) groups is 1. The van der Waals surface area contributed by atoms with Gasteiger partial charge >= 0.3 is 0 Å². The summed E-state index contributed by atoms with van der Waals surface area (Å²) in [5.41, 5.74) is 0.870. The van der Waals surface area contributed by atoms with Crippen molar-refractivity contribution in [1.29, 1.82) is 0 Å². The number of anilines is 1. The van der Waals surface area contributed by atoms with Crippen LogP contribution in [0.5, 0.6) is 0 Å². The van der Waals surface area contributed by atoms with E-state index in [9.17, 15) is 4.79 Å². The van der Waals surface area contributed by atoms with Gasteiger partial charge in [-0.2, -0.15) is 5.10 Å². The molecule has 7 nitrogen and oxygen atoms in total. The third-order valence-electron chi connectivity index (χ3n) is 3.59. The van der Waals surface area contributed by atoms with E-state index in [2.05, 4.69) is 15.0 Å². The van der Waals surface area contributed by atoms with E-state index < -0.39 is 0 Å². The molecule has 20 heavy (non-hydrogen) atoms. The molecule has 106 valence electrons. The maximum Gasteiger partial charge on any atom is 0.241 e. The molecule has 3 rings (SSSR count). The van der Waals surface area contributed by atoms with E-state index in [0.717, 1.165) is 18.1 Å². The third kappa shape index (κ3) is 2.44. The van der Waals surface area contributed by atoms with Gasteiger partial charge in [0.2, 0.25) is 5.91 Å². The predicted molar refractivity (Wildman–Crippen MR) is 74.0 cm³/mol. The Hall–Kier alpha value is -2.15. The van der Waals surface area contributed by atoms with Crippen LogP contribution in [-0.4, -0.2) is 49.8 Å². The molecule has 0 aromatic carbocycles. The summed E-state index contributed by atoms with van der Waals surface area (Å²) >= 11 is 0. The van der Waals surface area contributed by atoms with Gasteiger partial charge in [0.15, 0.2) is 0 Å². The van der Waals surface area contributed by atoms with Crippen molar-refractivity contribution in [1.82, 2.24) is 24.2 Å². The molecule has 2 aromatic rings. The SMILES string of the molecule is Cn1cc(N2CCN(Cc3nccn3C)CC2=O)cn1. The van der Waals surface area contributed by atoms with Gasteiger partial charge in [-0.3, -0.25) is 14.4 Å². The highest BCUT2D eigenvalue weighted by atomic mass is 16.2. The van der Waals surface area contributed by atoms with Gasteiger partial charge in [0.1, 0.15) is 5.82 Å². The maximum absolute atomic E-state index is 12.2. The van der Waals surface area contributed by atoms with Crippen LogP contribution in [0.15, 0.2) is 24.8 Å². The molecular formula is C13H18N6O. The second-order valence-corrected chi connectivity index (χ2v) is 5.08. The van der Waals surface area contributed by atoms with Gasteiger partial charge in [-0.15, -0.1) is 0 Å². The lowest BCUT2D eigenvalue weighted by Crippen LogP contribution is -2.50. The zero-order valence-electron chi connectivity index (χ0n) is 11.7. The number of aromatic nitrogens is 4. The van der Waals surface area contributed by atoms with E-state index in [4.69, 9.17) is 0 Å². The lowest BCUT2D eigenvalue weighted by Gasteiger charge is -2.33. The Labute approximate surface area is 117 Å². The molecule has 1 amide bonds. The Morgan fingerprint density at radius 1 is 1.30 bits per heavy atom. The Balaban J connectivity index is 1.65. The lowest BCUT2D eigenvalue weighted by molar-refractivity contribution is -0.121. The molecule has 0 spiro atoms. The molecule has 0 unspecified atom stereocenters. The standard InChI is InChI=1S/C13H18N6O/c1-16-4-3-14-12(16)9-18-5-6-19(13(20)10-18)11-7-15-17(2)8-11/h3-4,7-8H,5-6,9-10H2,1-2H3. The molecule has 0 saturated carbocycles. The summed E-state index contributed by atoms with van der Waals surface area (Å²) in [7, 11) is 3.82. The highest BCUT2D eigenvalue weighted by Crippen LogP contribution is 2.16. The molecule has 0 bridgehead atoms. The summed E-state index contributed by atoms with van der Waals surface area (Å²) in [5, 5.41) is 4.11. The van der Waals surface area contributed by atoms with E-state index in [1.807, 2.05) is 31.1 Å². The van der Waals surface area contributed by atoms with Gasteiger partial charge in [0.05, 0.1) is 25.0 Å². The third-order valence-corrected chi connectivity index (χ3v) is 3.59. The minimum absolute atomic E-state index is 0.110. The minimum atomic E-state index is 0.110. The highest BCUT2D eigenvalue weighted by Gasteiger charge is 2.26. The Kier molecular flexibility index (Phi) is 3.27. The largest absolute Gasteiger partial charge is 0.337 e.